The summed E-state index contributed by atoms with van der Waals surface area (Å²) in [6, 6.07) is 26.8. The first-order chi connectivity index (χ1) is 15.3. The van der Waals surface area contributed by atoms with Gasteiger partial charge in [0.25, 0.3) is 0 Å². The monoisotopic (exact) mass is 408 g/mol. The zero-order chi connectivity index (χ0) is 21.0. The van der Waals surface area contributed by atoms with Crippen LogP contribution >= 0.6 is 0 Å². The highest BCUT2D eigenvalue weighted by atomic mass is 16.1. The minimum atomic E-state index is 0.0618. The summed E-state index contributed by atoms with van der Waals surface area (Å²) in [5.74, 6) is 0.0618. The molecule has 5 aromatic rings. The summed E-state index contributed by atoms with van der Waals surface area (Å²) in [5, 5.41) is 4.23. The van der Waals surface area contributed by atoms with Crippen molar-refractivity contribution in [3.63, 3.8) is 0 Å². The van der Waals surface area contributed by atoms with Gasteiger partial charge in [-0.3, -0.25) is 4.79 Å². The van der Waals surface area contributed by atoms with Crippen LogP contribution in [-0.2, 0) is 24.4 Å². The highest BCUT2D eigenvalue weighted by Gasteiger charge is 2.06. The summed E-state index contributed by atoms with van der Waals surface area (Å²) in [6.45, 7) is 1.99. The minimum absolute atomic E-state index is 0.0618. The number of nitrogens with one attached hydrogen (secondary N) is 1. The van der Waals surface area contributed by atoms with Crippen LogP contribution in [0.1, 0.15) is 17.5 Å². The number of rotatable bonds is 7. The largest absolute Gasteiger partial charge is 0.352 e. The van der Waals surface area contributed by atoms with E-state index >= 15 is 0 Å². The fourth-order valence-electron chi connectivity index (χ4n) is 3.94. The van der Waals surface area contributed by atoms with Gasteiger partial charge in [-0.2, -0.15) is 0 Å². The summed E-state index contributed by atoms with van der Waals surface area (Å²) < 4.78 is 4.28. The molecule has 1 amide bonds. The molecule has 0 bridgehead atoms. The Morgan fingerprint density at radius 2 is 1.55 bits per heavy atom. The second-order valence-corrected chi connectivity index (χ2v) is 7.77. The Morgan fingerprint density at radius 3 is 2.42 bits per heavy atom. The number of benzene rings is 3. The maximum absolute atomic E-state index is 12.3. The Morgan fingerprint density at radius 1 is 0.806 bits per heavy atom. The molecule has 5 nitrogen and oxygen atoms in total. The first-order valence-corrected chi connectivity index (χ1v) is 10.5. The Balaban J connectivity index is 1.14. The first kappa shape index (κ1) is 19.1. The molecule has 3 aromatic carbocycles. The highest BCUT2D eigenvalue weighted by Crippen LogP contribution is 2.16. The van der Waals surface area contributed by atoms with Crippen molar-refractivity contribution in [2.75, 3.05) is 0 Å². The Bertz CT molecular complexity index is 1330. The number of hydrogen-bond acceptors (Lipinski definition) is 2. The molecular formula is C26H24N4O. The summed E-state index contributed by atoms with van der Waals surface area (Å²) in [4.78, 5) is 16.8. The van der Waals surface area contributed by atoms with Gasteiger partial charge in [0.2, 0.25) is 5.91 Å². The summed E-state index contributed by atoms with van der Waals surface area (Å²) in [6.07, 6.45) is 4.39. The van der Waals surface area contributed by atoms with Crippen molar-refractivity contribution in [3.8, 4) is 0 Å². The predicted octanol–water partition coefficient (Wildman–Crippen LogP) is 4.75. The van der Waals surface area contributed by atoms with Crippen LogP contribution in [0.3, 0.4) is 0 Å². The van der Waals surface area contributed by atoms with Crippen LogP contribution in [0, 0.1) is 0 Å². The van der Waals surface area contributed by atoms with Crippen molar-refractivity contribution >= 4 is 27.8 Å². The second kappa shape index (κ2) is 8.48. The molecule has 0 aliphatic carbocycles. The number of imidazole rings is 1. The lowest BCUT2D eigenvalue weighted by molar-refractivity contribution is -0.121. The highest BCUT2D eigenvalue weighted by molar-refractivity contribution is 5.80. The van der Waals surface area contributed by atoms with E-state index in [0.29, 0.717) is 19.5 Å². The van der Waals surface area contributed by atoms with E-state index < -0.39 is 0 Å². The molecule has 0 saturated heterocycles. The number of aryl methyl sites for hydroxylation is 1. The molecule has 31 heavy (non-hydrogen) atoms. The predicted molar refractivity (Wildman–Crippen MR) is 124 cm³/mol. The van der Waals surface area contributed by atoms with Crippen molar-refractivity contribution in [1.29, 1.82) is 0 Å². The fourth-order valence-corrected chi connectivity index (χ4v) is 3.94. The lowest BCUT2D eigenvalue weighted by atomic mass is 10.1. The SMILES string of the molecule is O=C(CCn1ccc2ccccc21)NCc1ccc(Cn2cnc3ccccc32)cc1. The van der Waals surface area contributed by atoms with Gasteiger partial charge in [-0.1, -0.05) is 54.6 Å². The molecule has 0 saturated carbocycles. The molecule has 0 aliphatic rings. The number of carbonyl (C=O) groups excluding carboxylic acids is 1. The van der Waals surface area contributed by atoms with Gasteiger partial charge in [0.05, 0.1) is 17.4 Å². The number of carbonyl (C=O) groups is 1. The standard InChI is InChI=1S/C26H24N4O/c31-26(14-16-29-15-13-22-5-1-3-7-24(22)29)27-17-20-9-11-21(12-10-20)18-30-19-28-23-6-2-4-8-25(23)30/h1-13,15,19H,14,16-18H2,(H,27,31). The Kier molecular flexibility index (Phi) is 5.23. The van der Waals surface area contributed by atoms with E-state index in [-0.39, 0.29) is 5.91 Å². The molecule has 5 heteroatoms. The number of amides is 1. The molecule has 0 aliphatic heterocycles. The molecule has 154 valence electrons. The Labute approximate surface area is 181 Å². The van der Waals surface area contributed by atoms with Crippen LogP contribution in [0.4, 0.5) is 0 Å². The topological polar surface area (TPSA) is 51.9 Å². The maximum Gasteiger partial charge on any atom is 0.222 e. The lowest BCUT2D eigenvalue weighted by Crippen LogP contribution is -2.23. The molecule has 1 N–H and O–H groups in total. The normalized spacial score (nSPS) is 11.2. The van der Waals surface area contributed by atoms with Gasteiger partial charge >= 0.3 is 0 Å². The number of para-hydroxylation sites is 3. The molecule has 2 aromatic heterocycles. The van der Waals surface area contributed by atoms with E-state index in [1.807, 2.05) is 42.9 Å². The molecule has 0 spiro atoms. The lowest BCUT2D eigenvalue weighted by Gasteiger charge is -2.09. The third-order valence-electron chi connectivity index (χ3n) is 5.65. The fraction of sp³-hybridized carbons (Fsp3) is 0.154. The first-order valence-electron chi connectivity index (χ1n) is 10.5. The van der Waals surface area contributed by atoms with Gasteiger partial charge in [-0.25, -0.2) is 4.98 Å². The third-order valence-corrected chi connectivity index (χ3v) is 5.65. The molecule has 0 atom stereocenters. The average Bonchev–Trinajstić information content (AvgIpc) is 3.41. The van der Waals surface area contributed by atoms with Crippen molar-refractivity contribution in [1.82, 2.24) is 19.4 Å². The van der Waals surface area contributed by atoms with Crippen LogP contribution in [0.5, 0.6) is 0 Å². The molecular weight excluding hydrogens is 384 g/mol. The smallest absolute Gasteiger partial charge is 0.222 e. The molecule has 0 fully saturated rings. The quantitative estimate of drug-likeness (QED) is 0.423. The van der Waals surface area contributed by atoms with Crippen molar-refractivity contribution in [3.05, 3.63) is 103 Å². The van der Waals surface area contributed by atoms with Gasteiger partial charge < -0.3 is 14.5 Å². The number of fused-ring (bicyclic) bond motifs is 2. The number of nitrogens with zero attached hydrogens (tertiary/aromatic N) is 3. The van der Waals surface area contributed by atoms with E-state index in [2.05, 4.69) is 68.0 Å². The molecule has 0 unspecified atom stereocenters. The van der Waals surface area contributed by atoms with Crippen LogP contribution in [0.25, 0.3) is 21.9 Å². The third kappa shape index (κ3) is 4.21. The Hall–Kier alpha value is -3.86. The van der Waals surface area contributed by atoms with Gasteiger partial charge in [0.1, 0.15) is 0 Å². The van der Waals surface area contributed by atoms with E-state index in [9.17, 15) is 4.79 Å². The van der Waals surface area contributed by atoms with E-state index in [1.165, 1.54) is 10.9 Å². The maximum atomic E-state index is 12.3. The zero-order valence-corrected chi connectivity index (χ0v) is 17.2. The van der Waals surface area contributed by atoms with Crippen LogP contribution in [-0.4, -0.2) is 20.0 Å². The van der Waals surface area contributed by atoms with Crippen molar-refractivity contribution in [2.45, 2.75) is 26.1 Å². The average molecular weight is 409 g/mol. The summed E-state index contributed by atoms with van der Waals surface area (Å²) in [5.41, 5.74) is 5.61. The van der Waals surface area contributed by atoms with Gasteiger partial charge in [0.15, 0.2) is 0 Å². The second-order valence-electron chi connectivity index (χ2n) is 7.77. The van der Waals surface area contributed by atoms with Gasteiger partial charge in [0, 0.05) is 37.8 Å². The van der Waals surface area contributed by atoms with Gasteiger partial charge in [-0.15, -0.1) is 0 Å². The van der Waals surface area contributed by atoms with Crippen LogP contribution < -0.4 is 5.32 Å². The zero-order valence-electron chi connectivity index (χ0n) is 17.2. The molecule has 2 heterocycles. The summed E-state index contributed by atoms with van der Waals surface area (Å²) >= 11 is 0. The van der Waals surface area contributed by atoms with Crippen LogP contribution in [0.15, 0.2) is 91.4 Å². The van der Waals surface area contributed by atoms with Gasteiger partial charge in [-0.05, 0) is 40.8 Å². The number of aromatic nitrogens is 3. The van der Waals surface area contributed by atoms with E-state index in [4.69, 9.17) is 0 Å². The van der Waals surface area contributed by atoms with E-state index in [0.717, 1.165) is 28.7 Å². The van der Waals surface area contributed by atoms with Crippen molar-refractivity contribution in [2.24, 2.45) is 0 Å². The molecule has 5 rings (SSSR count). The van der Waals surface area contributed by atoms with E-state index in [1.54, 1.807) is 0 Å². The minimum Gasteiger partial charge on any atom is -0.352 e. The van der Waals surface area contributed by atoms with Crippen molar-refractivity contribution < 1.29 is 4.79 Å². The molecule has 0 radical (unpaired) electrons. The van der Waals surface area contributed by atoms with Crippen LogP contribution in [0.2, 0.25) is 0 Å². The number of hydrogen-bond donors (Lipinski definition) is 1. The summed E-state index contributed by atoms with van der Waals surface area (Å²) in [7, 11) is 0.